The highest BCUT2D eigenvalue weighted by atomic mass is 16.5. The Bertz CT molecular complexity index is 555. The van der Waals surface area contributed by atoms with Gasteiger partial charge < -0.3 is 10.1 Å². The van der Waals surface area contributed by atoms with Gasteiger partial charge in [0.15, 0.2) is 0 Å². The molecular weight excluding hydrogens is 250 g/mol. The van der Waals surface area contributed by atoms with Gasteiger partial charge in [0, 0.05) is 18.3 Å². The second-order valence-electron chi connectivity index (χ2n) is 4.91. The Hall–Kier alpha value is -2.10. The largest absolute Gasteiger partial charge is 0.489 e. The van der Waals surface area contributed by atoms with Crippen molar-refractivity contribution in [3.63, 3.8) is 0 Å². The number of hydrogen-bond acceptors (Lipinski definition) is 4. The van der Waals surface area contributed by atoms with E-state index >= 15 is 0 Å². The lowest BCUT2D eigenvalue weighted by atomic mass is 10.2. The zero-order valence-corrected chi connectivity index (χ0v) is 12.3. The van der Waals surface area contributed by atoms with E-state index < -0.39 is 0 Å². The number of nitrogens with zero attached hydrogens (tertiary/aromatic N) is 2. The minimum absolute atomic E-state index is 0.137. The monoisotopic (exact) mass is 271 g/mol. The second kappa shape index (κ2) is 6.89. The van der Waals surface area contributed by atoms with E-state index in [9.17, 15) is 0 Å². The molecule has 2 aromatic rings. The third kappa shape index (κ3) is 3.95. The first-order valence-electron chi connectivity index (χ1n) is 7.02. The van der Waals surface area contributed by atoms with Crippen molar-refractivity contribution in [2.75, 3.05) is 11.9 Å². The number of pyridine rings is 2. The minimum Gasteiger partial charge on any atom is -0.489 e. The molecule has 2 aromatic heterocycles. The van der Waals surface area contributed by atoms with Crippen molar-refractivity contribution in [1.82, 2.24) is 9.97 Å². The quantitative estimate of drug-likeness (QED) is 0.869. The van der Waals surface area contributed by atoms with Crippen LogP contribution >= 0.6 is 0 Å². The Morgan fingerprint density at radius 3 is 2.85 bits per heavy atom. The Morgan fingerprint density at radius 1 is 1.25 bits per heavy atom. The Balaban J connectivity index is 2.22. The van der Waals surface area contributed by atoms with Crippen LogP contribution in [-0.4, -0.2) is 22.6 Å². The molecule has 0 aliphatic rings. The van der Waals surface area contributed by atoms with Gasteiger partial charge in [-0.3, -0.25) is 4.98 Å². The van der Waals surface area contributed by atoms with Crippen LogP contribution in [0.25, 0.3) is 11.3 Å². The molecule has 0 saturated heterocycles. The molecule has 0 aromatic carbocycles. The van der Waals surface area contributed by atoms with Crippen molar-refractivity contribution in [2.45, 2.75) is 33.3 Å². The zero-order valence-electron chi connectivity index (χ0n) is 12.3. The molecule has 1 N–H and O–H groups in total. The maximum atomic E-state index is 5.67. The van der Waals surface area contributed by atoms with Gasteiger partial charge in [0.1, 0.15) is 11.6 Å². The van der Waals surface area contributed by atoms with Gasteiger partial charge in [-0.05, 0) is 38.5 Å². The van der Waals surface area contributed by atoms with Crippen molar-refractivity contribution in [3.8, 4) is 17.0 Å². The van der Waals surface area contributed by atoms with E-state index in [2.05, 4.69) is 22.2 Å². The van der Waals surface area contributed by atoms with Crippen molar-refractivity contribution in [3.05, 3.63) is 36.7 Å². The summed E-state index contributed by atoms with van der Waals surface area (Å²) in [4.78, 5) is 8.81. The molecule has 0 radical (unpaired) electrons. The molecule has 4 nitrogen and oxygen atoms in total. The van der Waals surface area contributed by atoms with Crippen LogP contribution in [0.5, 0.6) is 5.75 Å². The van der Waals surface area contributed by atoms with Crippen LogP contribution in [0.15, 0.2) is 36.7 Å². The molecule has 4 heteroatoms. The smallest absolute Gasteiger partial charge is 0.138 e. The fraction of sp³-hybridized carbons (Fsp3) is 0.375. The summed E-state index contributed by atoms with van der Waals surface area (Å²) in [6.07, 6.45) is 4.74. The summed E-state index contributed by atoms with van der Waals surface area (Å²) in [7, 11) is 0. The van der Waals surface area contributed by atoms with E-state index in [4.69, 9.17) is 4.74 Å². The van der Waals surface area contributed by atoms with Gasteiger partial charge in [-0.2, -0.15) is 0 Å². The van der Waals surface area contributed by atoms with Crippen LogP contribution < -0.4 is 10.1 Å². The predicted octanol–water partition coefficient (Wildman–Crippen LogP) is 3.75. The van der Waals surface area contributed by atoms with Crippen LogP contribution in [0.2, 0.25) is 0 Å². The topological polar surface area (TPSA) is 47.0 Å². The Morgan fingerprint density at radius 2 is 2.10 bits per heavy atom. The predicted molar refractivity (Wildman–Crippen MR) is 82.0 cm³/mol. The number of rotatable bonds is 6. The normalized spacial score (nSPS) is 10.6. The third-order valence-electron chi connectivity index (χ3n) is 2.69. The molecule has 0 spiro atoms. The summed E-state index contributed by atoms with van der Waals surface area (Å²) >= 11 is 0. The lowest BCUT2D eigenvalue weighted by Crippen LogP contribution is -2.06. The maximum absolute atomic E-state index is 5.67. The molecule has 0 saturated carbocycles. The highest BCUT2D eigenvalue weighted by Gasteiger charge is 2.04. The molecule has 0 aliphatic carbocycles. The summed E-state index contributed by atoms with van der Waals surface area (Å²) in [5.74, 6) is 1.66. The van der Waals surface area contributed by atoms with Gasteiger partial charge in [0.05, 0.1) is 18.0 Å². The zero-order chi connectivity index (χ0) is 14.4. The summed E-state index contributed by atoms with van der Waals surface area (Å²) in [6, 6.07) is 7.92. The van der Waals surface area contributed by atoms with E-state index in [1.807, 2.05) is 38.1 Å². The van der Waals surface area contributed by atoms with Crippen LogP contribution in [0.1, 0.15) is 27.2 Å². The summed E-state index contributed by atoms with van der Waals surface area (Å²) in [5.41, 5.74) is 1.86. The first kappa shape index (κ1) is 14.3. The standard InChI is InChI=1S/C16H21N3O/c1-4-8-18-16-7-5-6-15(19-16)13-9-14(11-17-10-13)20-12(2)3/h5-7,9-12H,4,8H2,1-3H3,(H,18,19). The highest BCUT2D eigenvalue weighted by Crippen LogP contribution is 2.22. The second-order valence-corrected chi connectivity index (χ2v) is 4.91. The lowest BCUT2D eigenvalue weighted by molar-refractivity contribution is 0.241. The fourth-order valence-corrected chi connectivity index (χ4v) is 1.84. The van der Waals surface area contributed by atoms with Gasteiger partial charge in [-0.15, -0.1) is 0 Å². The molecule has 2 rings (SSSR count). The Labute approximate surface area is 120 Å². The molecule has 106 valence electrons. The first-order chi connectivity index (χ1) is 9.69. The van der Waals surface area contributed by atoms with E-state index in [0.717, 1.165) is 35.8 Å². The van der Waals surface area contributed by atoms with Crippen molar-refractivity contribution < 1.29 is 4.74 Å². The van der Waals surface area contributed by atoms with E-state index in [0.29, 0.717) is 0 Å². The molecule has 0 unspecified atom stereocenters. The van der Waals surface area contributed by atoms with E-state index in [1.54, 1.807) is 12.4 Å². The molecular formula is C16H21N3O. The average molecular weight is 271 g/mol. The lowest BCUT2D eigenvalue weighted by Gasteiger charge is -2.11. The van der Waals surface area contributed by atoms with Gasteiger partial charge >= 0.3 is 0 Å². The van der Waals surface area contributed by atoms with Gasteiger partial charge in [0.25, 0.3) is 0 Å². The summed E-state index contributed by atoms with van der Waals surface area (Å²) in [6.45, 7) is 7.05. The van der Waals surface area contributed by atoms with Gasteiger partial charge in [-0.1, -0.05) is 13.0 Å². The van der Waals surface area contributed by atoms with Crippen molar-refractivity contribution in [1.29, 1.82) is 0 Å². The molecule has 20 heavy (non-hydrogen) atoms. The number of aromatic nitrogens is 2. The molecule has 0 fully saturated rings. The van der Waals surface area contributed by atoms with Crippen LogP contribution in [0.3, 0.4) is 0 Å². The van der Waals surface area contributed by atoms with Crippen LogP contribution in [0.4, 0.5) is 5.82 Å². The molecule has 2 heterocycles. The third-order valence-corrected chi connectivity index (χ3v) is 2.69. The molecule has 0 atom stereocenters. The number of ether oxygens (including phenoxy) is 1. The average Bonchev–Trinajstić information content (AvgIpc) is 2.45. The fourth-order valence-electron chi connectivity index (χ4n) is 1.84. The number of anilines is 1. The molecule has 0 amide bonds. The number of nitrogens with one attached hydrogen (secondary N) is 1. The summed E-state index contributed by atoms with van der Waals surface area (Å²) in [5, 5.41) is 3.29. The molecule has 0 bridgehead atoms. The highest BCUT2D eigenvalue weighted by molar-refractivity contribution is 5.61. The van der Waals surface area contributed by atoms with Crippen molar-refractivity contribution >= 4 is 5.82 Å². The van der Waals surface area contributed by atoms with E-state index in [-0.39, 0.29) is 6.10 Å². The number of hydrogen-bond donors (Lipinski definition) is 1. The molecule has 0 aliphatic heterocycles. The van der Waals surface area contributed by atoms with Gasteiger partial charge in [0.2, 0.25) is 0 Å². The first-order valence-corrected chi connectivity index (χ1v) is 7.02. The Kier molecular flexibility index (Phi) is 4.93. The van der Waals surface area contributed by atoms with Crippen molar-refractivity contribution in [2.24, 2.45) is 0 Å². The van der Waals surface area contributed by atoms with E-state index in [1.165, 1.54) is 0 Å². The SMILES string of the molecule is CCCNc1cccc(-c2cncc(OC(C)C)c2)n1. The minimum atomic E-state index is 0.137. The van der Waals surface area contributed by atoms with Crippen LogP contribution in [0, 0.1) is 0 Å². The maximum Gasteiger partial charge on any atom is 0.138 e. The summed E-state index contributed by atoms with van der Waals surface area (Å²) < 4.78 is 5.67. The van der Waals surface area contributed by atoms with Crippen LogP contribution in [-0.2, 0) is 0 Å². The van der Waals surface area contributed by atoms with Gasteiger partial charge in [-0.25, -0.2) is 4.98 Å².